The van der Waals surface area contributed by atoms with Gasteiger partial charge in [-0.2, -0.15) is 0 Å². The molecule has 0 aliphatic carbocycles. The number of aliphatic carboxylic acids is 1. The van der Waals surface area contributed by atoms with E-state index in [2.05, 4.69) is 5.32 Å². The van der Waals surface area contributed by atoms with Gasteiger partial charge in [0.1, 0.15) is 0 Å². The molecule has 3 N–H and O–H groups in total. The van der Waals surface area contributed by atoms with Crippen LogP contribution in [-0.2, 0) is 9.53 Å². The number of hydrogen-bond donors (Lipinski definition) is 3. The van der Waals surface area contributed by atoms with Crippen LogP contribution in [0.15, 0.2) is 0 Å². The molecule has 0 aromatic rings. The zero-order valence-corrected chi connectivity index (χ0v) is 9.13. The van der Waals surface area contributed by atoms with Crippen LogP contribution in [0.3, 0.4) is 0 Å². The highest BCUT2D eigenvalue weighted by Gasteiger charge is 2.30. The zero-order valence-electron chi connectivity index (χ0n) is 9.13. The summed E-state index contributed by atoms with van der Waals surface area (Å²) in [6.45, 7) is 5.47. The molecule has 0 heterocycles. The first-order chi connectivity index (χ1) is 6.21. The van der Waals surface area contributed by atoms with Gasteiger partial charge in [-0.25, -0.2) is 4.79 Å². The van der Waals surface area contributed by atoms with E-state index in [4.69, 9.17) is 9.84 Å². The quantitative estimate of drug-likeness (QED) is 0.561. The molecule has 0 saturated heterocycles. The fourth-order valence-electron chi connectivity index (χ4n) is 0.755. The van der Waals surface area contributed by atoms with Gasteiger partial charge in [0.05, 0.1) is 5.60 Å². The molecule has 0 spiro atoms. The highest BCUT2D eigenvalue weighted by atomic mass is 16.5. The third kappa shape index (κ3) is 4.55. The first-order valence-corrected chi connectivity index (χ1v) is 4.43. The van der Waals surface area contributed by atoms with E-state index >= 15 is 0 Å². The fourth-order valence-corrected chi connectivity index (χ4v) is 0.755. The molecule has 0 aromatic carbocycles. The molecule has 0 bridgehead atoms. The van der Waals surface area contributed by atoms with Gasteiger partial charge in [0, 0.05) is 20.2 Å². The molecular weight excluding hydrogens is 186 g/mol. The normalized spacial score (nSPS) is 16.4. The highest BCUT2D eigenvalue weighted by Crippen LogP contribution is 2.06. The van der Waals surface area contributed by atoms with Crippen molar-refractivity contribution in [1.82, 2.24) is 5.32 Å². The first-order valence-electron chi connectivity index (χ1n) is 4.43. The van der Waals surface area contributed by atoms with E-state index in [-0.39, 0.29) is 12.1 Å². The number of carboxylic acids is 1. The summed E-state index contributed by atoms with van der Waals surface area (Å²) in [5.41, 5.74) is -2.10. The van der Waals surface area contributed by atoms with E-state index in [1.807, 2.05) is 13.8 Å². The van der Waals surface area contributed by atoms with E-state index in [0.717, 1.165) is 0 Å². The number of methoxy groups -OCH3 is 1. The van der Waals surface area contributed by atoms with Crippen molar-refractivity contribution in [3.05, 3.63) is 0 Å². The Kier molecular flexibility index (Phi) is 4.51. The first kappa shape index (κ1) is 13.4. The second kappa shape index (κ2) is 4.72. The summed E-state index contributed by atoms with van der Waals surface area (Å²) < 4.78 is 5.12. The van der Waals surface area contributed by atoms with Crippen molar-refractivity contribution in [2.24, 2.45) is 0 Å². The van der Waals surface area contributed by atoms with Crippen molar-refractivity contribution in [2.45, 2.75) is 32.0 Å². The smallest absolute Gasteiger partial charge is 0.336 e. The van der Waals surface area contributed by atoms with Crippen LogP contribution in [0.4, 0.5) is 0 Å². The molecule has 1 unspecified atom stereocenters. The van der Waals surface area contributed by atoms with Gasteiger partial charge in [-0.3, -0.25) is 0 Å². The molecule has 1 atom stereocenters. The van der Waals surface area contributed by atoms with E-state index in [1.54, 1.807) is 7.11 Å². The molecular formula is C9H19NO4. The van der Waals surface area contributed by atoms with Crippen molar-refractivity contribution >= 4 is 5.97 Å². The summed E-state index contributed by atoms with van der Waals surface area (Å²) in [7, 11) is 1.58. The number of nitrogens with one attached hydrogen (secondary N) is 1. The lowest BCUT2D eigenvalue weighted by Crippen LogP contribution is -2.48. The largest absolute Gasteiger partial charge is 0.479 e. The van der Waals surface area contributed by atoms with Crippen LogP contribution in [0.25, 0.3) is 0 Å². The van der Waals surface area contributed by atoms with Crippen LogP contribution in [-0.4, -0.2) is 47.6 Å². The van der Waals surface area contributed by atoms with Gasteiger partial charge in [-0.15, -0.1) is 0 Å². The predicted molar refractivity (Wildman–Crippen MR) is 52.2 cm³/mol. The fraction of sp³-hybridized carbons (Fsp3) is 0.889. The Labute approximate surface area is 84.1 Å². The summed E-state index contributed by atoms with van der Waals surface area (Å²) in [6, 6.07) is 0. The van der Waals surface area contributed by atoms with Gasteiger partial charge < -0.3 is 20.3 Å². The maximum absolute atomic E-state index is 10.5. The monoisotopic (exact) mass is 205 g/mol. The van der Waals surface area contributed by atoms with Crippen LogP contribution in [0.5, 0.6) is 0 Å². The summed E-state index contributed by atoms with van der Waals surface area (Å²) in [6.07, 6.45) is 0. The Bertz CT molecular complexity index is 201. The molecule has 0 aromatic heterocycles. The molecule has 5 heteroatoms. The second-order valence-electron chi connectivity index (χ2n) is 4.15. The summed E-state index contributed by atoms with van der Waals surface area (Å²) in [5.74, 6) is -1.24. The summed E-state index contributed by atoms with van der Waals surface area (Å²) >= 11 is 0. The topological polar surface area (TPSA) is 78.8 Å². The van der Waals surface area contributed by atoms with Gasteiger partial charge in [0.2, 0.25) is 0 Å². The number of carboxylic acid groups (broad SMARTS) is 1. The van der Waals surface area contributed by atoms with Crippen molar-refractivity contribution in [3.8, 4) is 0 Å². The van der Waals surface area contributed by atoms with Gasteiger partial charge >= 0.3 is 5.97 Å². The van der Waals surface area contributed by atoms with Crippen LogP contribution in [0, 0.1) is 0 Å². The number of carbonyl (C=O) groups is 1. The lowest BCUT2D eigenvalue weighted by molar-refractivity contribution is -0.156. The molecule has 14 heavy (non-hydrogen) atoms. The Morgan fingerprint density at radius 2 is 1.86 bits per heavy atom. The Morgan fingerprint density at radius 1 is 1.36 bits per heavy atom. The van der Waals surface area contributed by atoms with Crippen LogP contribution < -0.4 is 5.32 Å². The van der Waals surface area contributed by atoms with Crippen LogP contribution in [0.2, 0.25) is 0 Å². The lowest BCUT2D eigenvalue weighted by atomic mass is 10.1. The maximum atomic E-state index is 10.5. The van der Waals surface area contributed by atoms with Crippen molar-refractivity contribution in [3.63, 3.8) is 0 Å². The third-order valence-corrected chi connectivity index (χ3v) is 2.03. The minimum atomic E-state index is -1.73. The molecule has 84 valence electrons. The summed E-state index contributed by atoms with van der Waals surface area (Å²) in [4.78, 5) is 10.5. The van der Waals surface area contributed by atoms with Crippen LogP contribution >= 0.6 is 0 Å². The Morgan fingerprint density at radius 3 is 2.21 bits per heavy atom. The van der Waals surface area contributed by atoms with E-state index < -0.39 is 11.6 Å². The average molecular weight is 205 g/mol. The van der Waals surface area contributed by atoms with Gasteiger partial charge in [0.25, 0.3) is 0 Å². The molecule has 0 aliphatic rings. The van der Waals surface area contributed by atoms with E-state index in [0.29, 0.717) is 6.54 Å². The number of hydrogen-bond acceptors (Lipinski definition) is 4. The molecule has 0 amide bonds. The van der Waals surface area contributed by atoms with E-state index in [9.17, 15) is 9.90 Å². The zero-order chi connectivity index (χ0) is 11.4. The molecule has 0 rings (SSSR count). The Balaban J connectivity index is 3.91. The standard InChI is InChI=1S/C9H19NO4/c1-8(2,14-4)5-10-6-9(3,13)7(11)12/h10,13H,5-6H2,1-4H3,(H,11,12). The minimum Gasteiger partial charge on any atom is -0.479 e. The molecule has 0 radical (unpaired) electrons. The highest BCUT2D eigenvalue weighted by molar-refractivity contribution is 5.76. The maximum Gasteiger partial charge on any atom is 0.336 e. The van der Waals surface area contributed by atoms with Crippen LogP contribution in [0.1, 0.15) is 20.8 Å². The summed E-state index contributed by atoms with van der Waals surface area (Å²) in [5, 5.41) is 20.8. The number of aliphatic hydroxyl groups is 1. The Hall–Kier alpha value is -0.650. The van der Waals surface area contributed by atoms with Gasteiger partial charge in [0.15, 0.2) is 5.60 Å². The third-order valence-electron chi connectivity index (χ3n) is 2.03. The van der Waals surface area contributed by atoms with Crippen molar-refractivity contribution < 1.29 is 19.7 Å². The van der Waals surface area contributed by atoms with E-state index in [1.165, 1.54) is 6.92 Å². The van der Waals surface area contributed by atoms with Gasteiger partial charge in [-0.05, 0) is 20.8 Å². The molecule has 0 saturated carbocycles. The molecule has 5 nitrogen and oxygen atoms in total. The number of ether oxygens (including phenoxy) is 1. The predicted octanol–water partition coefficient (Wildman–Crippen LogP) is -0.163. The minimum absolute atomic E-state index is 0.00484. The second-order valence-corrected chi connectivity index (χ2v) is 4.15. The van der Waals surface area contributed by atoms with Crippen molar-refractivity contribution in [2.75, 3.05) is 20.2 Å². The average Bonchev–Trinajstić information content (AvgIpc) is 2.03. The number of rotatable bonds is 6. The molecule has 0 fully saturated rings. The lowest BCUT2D eigenvalue weighted by Gasteiger charge is -2.25. The molecule has 0 aliphatic heterocycles. The van der Waals surface area contributed by atoms with Gasteiger partial charge in [-0.1, -0.05) is 0 Å². The van der Waals surface area contributed by atoms with Crippen molar-refractivity contribution in [1.29, 1.82) is 0 Å². The SMILES string of the molecule is COC(C)(C)CNCC(C)(O)C(=O)O.